The molecule has 7 nitrogen and oxygen atoms in total. The average Bonchev–Trinajstić information content (AvgIpc) is 2.75. The van der Waals surface area contributed by atoms with Crippen molar-refractivity contribution in [2.24, 2.45) is 5.92 Å². The molecular formula is C24H31Cl2N3O4S. The van der Waals surface area contributed by atoms with Gasteiger partial charge in [0.25, 0.3) is 0 Å². The van der Waals surface area contributed by atoms with E-state index in [1.54, 1.807) is 56.3 Å². The van der Waals surface area contributed by atoms with Crippen LogP contribution in [-0.2, 0) is 26.2 Å². The van der Waals surface area contributed by atoms with Crippen molar-refractivity contribution in [1.82, 2.24) is 10.2 Å². The molecule has 0 aliphatic heterocycles. The number of benzene rings is 2. The zero-order valence-corrected chi connectivity index (χ0v) is 22.3. The Morgan fingerprint density at radius 3 is 2.24 bits per heavy atom. The van der Waals surface area contributed by atoms with E-state index in [-0.39, 0.29) is 18.4 Å². The number of nitrogens with one attached hydrogen (secondary N) is 1. The molecule has 0 fully saturated rings. The molecule has 0 bridgehead atoms. The van der Waals surface area contributed by atoms with Gasteiger partial charge in [0.05, 0.1) is 22.0 Å². The minimum Gasteiger partial charge on any atom is -0.354 e. The molecule has 10 heteroatoms. The van der Waals surface area contributed by atoms with Gasteiger partial charge in [-0.25, -0.2) is 8.42 Å². The third-order valence-corrected chi connectivity index (χ3v) is 7.12. The Labute approximate surface area is 212 Å². The van der Waals surface area contributed by atoms with Crippen LogP contribution in [0.1, 0.15) is 31.9 Å². The van der Waals surface area contributed by atoms with Gasteiger partial charge in [-0.2, -0.15) is 0 Å². The second kappa shape index (κ2) is 11.9. The summed E-state index contributed by atoms with van der Waals surface area (Å²) in [5.74, 6) is -0.618. The van der Waals surface area contributed by atoms with Crippen LogP contribution < -0.4 is 9.62 Å². The maximum atomic E-state index is 13.5. The number of hydrogen-bond donors (Lipinski definition) is 1. The van der Waals surface area contributed by atoms with Crippen molar-refractivity contribution in [2.45, 2.75) is 40.3 Å². The molecule has 0 saturated carbocycles. The van der Waals surface area contributed by atoms with E-state index in [1.807, 2.05) is 13.8 Å². The fraction of sp³-hybridized carbons (Fsp3) is 0.417. The van der Waals surface area contributed by atoms with Crippen LogP contribution in [0.15, 0.2) is 42.5 Å². The molecule has 2 aromatic rings. The highest BCUT2D eigenvalue weighted by molar-refractivity contribution is 7.92. The molecule has 2 rings (SSSR count). The first-order valence-electron chi connectivity index (χ1n) is 10.9. The van der Waals surface area contributed by atoms with Crippen molar-refractivity contribution in [3.8, 4) is 0 Å². The van der Waals surface area contributed by atoms with Crippen molar-refractivity contribution in [3.05, 3.63) is 63.6 Å². The highest BCUT2D eigenvalue weighted by atomic mass is 35.5. The number of amides is 2. The monoisotopic (exact) mass is 527 g/mol. The van der Waals surface area contributed by atoms with Crippen molar-refractivity contribution in [3.63, 3.8) is 0 Å². The summed E-state index contributed by atoms with van der Waals surface area (Å²) >= 11 is 12.2. The molecule has 0 unspecified atom stereocenters. The van der Waals surface area contributed by atoms with E-state index in [9.17, 15) is 18.0 Å². The molecule has 0 heterocycles. The lowest BCUT2D eigenvalue weighted by Crippen LogP contribution is -2.51. The summed E-state index contributed by atoms with van der Waals surface area (Å²) < 4.78 is 26.3. The second-order valence-corrected chi connectivity index (χ2v) is 11.4. The van der Waals surface area contributed by atoms with Gasteiger partial charge in [0, 0.05) is 13.1 Å². The predicted octanol–water partition coefficient (Wildman–Crippen LogP) is 4.26. The molecule has 186 valence electrons. The number of aryl methyl sites for hydroxylation is 1. The van der Waals surface area contributed by atoms with Crippen LogP contribution in [0, 0.1) is 12.8 Å². The van der Waals surface area contributed by atoms with Gasteiger partial charge in [0.1, 0.15) is 12.6 Å². The van der Waals surface area contributed by atoms with Crippen LogP contribution in [0.5, 0.6) is 0 Å². The first kappa shape index (κ1) is 28.0. The molecule has 2 amide bonds. The van der Waals surface area contributed by atoms with E-state index in [2.05, 4.69) is 5.32 Å². The topological polar surface area (TPSA) is 86.8 Å². The summed E-state index contributed by atoms with van der Waals surface area (Å²) in [6, 6.07) is 11.0. The summed E-state index contributed by atoms with van der Waals surface area (Å²) in [6.07, 6.45) is 1.05. The van der Waals surface area contributed by atoms with Gasteiger partial charge in [0.15, 0.2) is 0 Å². The zero-order chi connectivity index (χ0) is 25.6. The lowest BCUT2D eigenvalue weighted by atomic mass is 10.1. The molecule has 0 spiro atoms. The van der Waals surface area contributed by atoms with Gasteiger partial charge in [-0.3, -0.25) is 13.9 Å². The summed E-state index contributed by atoms with van der Waals surface area (Å²) in [7, 11) is -3.77. The van der Waals surface area contributed by atoms with Gasteiger partial charge in [-0.1, -0.05) is 61.3 Å². The maximum absolute atomic E-state index is 13.5. The van der Waals surface area contributed by atoms with E-state index in [4.69, 9.17) is 23.2 Å². The largest absolute Gasteiger partial charge is 0.354 e. The highest BCUT2D eigenvalue weighted by Gasteiger charge is 2.30. The van der Waals surface area contributed by atoms with E-state index in [0.29, 0.717) is 33.4 Å². The highest BCUT2D eigenvalue weighted by Crippen LogP contribution is 2.25. The van der Waals surface area contributed by atoms with Crippen LogP contribution in [0.4, 0.5) is 5.69 Å². The van der Waals surface area contributed by atoms with E-state index >= 15 is 0 Å². The van der Waals surface area contributed by atoms with Gasteiger partial charge >= 0.3 is 0 Å². The molecule has 0 aromatic heterocycles. The standard InChI is InChI=1S/C24H31Cl2N3O4S/c1-16(2)13-27-24(31)18(4)28(14-19-10-11-20(25)21(26)12-19)23(30)15-29(34(5,32)33)22-9-7-6-8-17(22)3/h6-12,16,18H,13-15H2,1-5H3,(H,27,31)/t18-/m1/s1. The minimum atomic E-state index is -3.77. The van der Waals surface area contributed by atoms with E-state index in [1.165, 1.54) is 4.90 Å². The van der Waals surface area contributed by atoms with Crippen LogP contribution >= 0.6 is 23.2 Å². The molecule has 2 aromatic carbocycles. The first-order chi connectivity index (χ1) is 15.8. The third-order valence-electron chi connectivity index (χ3n) is 5.25. The number of halogens is 2. The summed E-state index contributed by atoms with van der Waals surface area (Å²) in [5, 5.41) is 3.53. The van der Waals surface area contributed by atoms with Crippen molar-refractivity contribution in [1.29, 1.82) is 0 Å². The molecule has 1 N–H and O–H groups in total. The molecule has 0 aliphatic carbocycles. The zero-order valence-electron chi connectivity index (χ0n) is 20.0. The number of sulfonamides is 1. The first-order valence-corrected chi connectivity index (χ1v) is 13.5. The van der Waals surface area contributed by atoms with Gasteiger partial charge < -0.3 is 10.2 Å². The quantitative estimate of drug-likeness (QED) is 0.500. The van der Waals surface area contributed by atoms with E-state index in [0.717, 1.165) is 10.6 Å². The van der Waals surface area contributed by atoms with Crippen LogP contribution in [-0.4, -0.2) is 50.5 Å². The predicted molar refractivity (Wildman–Crippen MR) is 138 cm³/mol. The molecule has 0 radical (unpaired) electrons. The fourth-order valence-electron chi connectivity index (χ4n) is 3.31. The molecule has 0 saturated heterocycles. The maximum Gasteiger partial charge on any atom is 0.244 e. The average molecular weight is 529 g/mol. The SMILES string of the molecule is Cc1ccccc1N(CC(=O)N(Cc1ccc(Cl)c(Cl)c1)[C@H](C)C(=O)NCC(C)C)S(C)(=O)=O. The number of para-hydroxylation sites is 1. The number of nitrogens with zero attached hydrogens (tertiary/aromatic N) is 2. The molecule has 34 heavy (non-hydrogen) atoms. The number of carbonyl (C=O) groups is 2. The van der Waals surface area contributed by atoms with Crippen LogP contribution in [0.25, 0.3) is 0 Å². The van der Waals surface area contributed by atoms with Crippen LogP contribution in [0.2, 0.25) is 10.0 Å². The van der Waals surface area contributed by atoms with Crippen LogP contribution in [0.3, 0.4) is 0 Å². The van der Waals surface area contributed by atoms with Gasteiger partial charge in [0.2, 0.25) is 21.8 Å². The van der Waals surface area contributed by atoms with Crippen molar-refractivity contribution in [2.75, 3.05) is 23.7 Å². The Bertz CT molecular complexity index is 1140. The van der Waals surface area contributed by atoms with Gasteiger partial charge in [-0.05, 0) is 49.1 Å². The fourth-order valence-corrected chi connectivity index (χ4v) is 4.54. The molecule has 0 aliphatic rings. The lowest BCUT2D eigenvalue weighted by Gasteiger charge is -2.32. The Morgan fingerprint density at radius 1 is 1.03 bits per heavy atom. The number of anilines is 1. The summed E-state index contributed by atoms with van der Waals surface area (Å²) in [4.78, 5) is 27.7. The number of carbonyl (C=O) groups excluding carboxylic acids is 2. The Morgan fingerprint density at radius 2 is 1.68 bits per heavy atom. The molecule has 1 atom stereocenters. The smallest absolute Gasteiger partial charge is 0.244 e. The van der Waals surface area contributed by atoms with Crippen molar-refractivity contribution >= 4 is 50.7 Å². The van der Waals surface area contributed by atoms with E-state index < -0.39 is 28.5 Å². The van der Waals surface area contributed by atoms with Gasteiger partial charge in [-0.15, -0.1) is 0 Å². The third kappa shape index (κ3) is 7.61. The minimum absolute atomic E-state index is 0.0529. The lowest BCUT2D eigenvalue weighted by molar-refractivity contribution is -0.139. The second-order valence-electron chi connectivity index (χ2n) is 8.64. The summed E-state index contributed by atoms with van der Waals surface area (Å²) in [6.45, 7) is 7.38. The number of rotatable bonds is 10. The number of hydrogen-bond acceptors (Lipinski definition) is 4. The normalized spacial score (nSPS) is 12.4. The molecular weight excluding hydrogens is 497 g/mol. The Hall–Kier alpha value is -2.29. The summed E-state index contributed by atoms with van der Waals surface area (Å²) in [5.41, 5.74) is 1.78. The van der Waals surface area contributed by atoms with Crippen molar-refractivity contribution < 1.29 is 18.0 Å². The Balaban J connectivity index is 2.40. The Kier molecular flexibility index (Phi) is 9.79.